The van der Waals surface area contributed by atoms with Gasteiger partial charge in [-0.15, -0.1) is 0 Å². The molecule has 0 bridgehead atoms. The van der Waals surface area contributed by atoms with Crippen molar-refractivity contribution in [3.05, 3.63) is 64.5 Å². The number of anilines is 1. The quantitative estimate of drug-likeness (QED) is 0.0922. The first-order valence-electron chi connectivity index (χ1n) is 14.0. The molecule has 0 fully saturated rings. The first kappa shape index (κ1) is 34.5. The Labute approximate surface area is 250 Å². The van der Waals surface area contributed by atoms with E-state index in [1.165, 1.54) is 30.9 Å². The second-order valence-corrected chi connectivity index (χ2v) is 13.2. The zero-order valence-electron chi connectivity index (χ0n) is 25.5. The SMILES string of the molecule is CCOC(=O)/C=C(/Nc1cc(S(=O)(=O)NCCCOc2ccc(C(C)(C)CC)cc2C(C)(C)CC)ccc1Cl)OC. The van der Waals surface area contributed by atoms with E-state index in [2.05, 4.69) is 63.7 Å². The van der Waals surface area contributed by atoms with Crippen LogP contribution in [0.3, 0.4) is 0 Å². The van der Waals surface area contributed by atoms with Gasteiger partial charge in [0.2, 0.25) is 10.0 Å². The molecule has 0 aliphatic heterocycles. The fourth-order valence-corrected chi connectivity index (χ4v) is 5.15. The smallest absolute Gasteiger partial charge is 0.336 e. The van der Waals surface area contributed by atoms with Crippen molar-refractivity contribution in [2.75, 3.05) is 32.2 Å². The highest BCUT2D eigenvalue weighted by atomic mass is 35.5. The normalized spacial score (nSPS) is 12.7. The second-order valence-electron chi connectivity index (χ2n) is 11.0. The molecule has 8 nitrogen and oxygen atoms in total. The molecule has 0 saturated carbocycles. The average molecular weight is 609 g/mol. The number of carbonyl (C=O) groups is 1. The summed E-state index contributed by atoms with van der Waals surface area (Å²) in [5.41, 5.74) is 2.70. The van der Waals surface area contributed by atoms with E-state index in [0.717, 1.165) is 30.2 Å². The van der Waals surface area contributed by atoms with Gasteiger partial charge in [-0.05, 0) is 66.8 Å². The molecule has 228 valence electrons. The molecule has 0 aliphatic carbocycles. The van der Waals surface area contributed by atoms with Gasteiger partial charge in [-0.2, -0.15) is 0 Å². The molecule has 2 N–H and O–H groups in total. The van der Waals surface area contributed by atoms with Crippen molar-refractivity contribution in [3.63, 3.8) is 0 Å². The lowest BCUT2D eigenvalue weighted by molar-refractivity contribution is -0.137. The molecule has 10 heteroatoms. The molecule has 0 saturated heterocycles. The predicted molar refractivity (Wildman–Crippen MR) is 165 cm³/mol. The summed E-state index contributed by atoms with van der Waals surface area (Å²) in [4.78, 5) is 11.8. The van der Waals surface area contributed by atoms with Crippen molar-refractivity contribution in [2.45, 2.75) is 83.5 Å². The van der Waals surface area contributed by atoms with E-state index in [4.69, 9.17) is 25.8 Å². The minimum atomic E-state index is -3.84. The maximum Gasteiger partial charge on any atom is 0.336 e. The van der Waals surface area contributed by atoms with Crippen molar-refractivity contribution in [1.29, 1.82) is 0 Å². The van der Waals surface area contributed by atoms with Crippen LogP contribution < -0.4 is 14.8 Å². The fraction of sp³-hybridized carbons (Fsp3) is 0.516. The summed E-state index contributed by atoms with van der Waals surface area (Å²) in [5, 5.41) is 3.08. The molecule has 0 amide bonds. The van der Waals surface area contributed by atoms with Crippen LogP contribution >= 0.6 is 11.6 Å². The van der Waals surface area contributed by atoms with E-state index >= 15 is 0 Å². The maximum atomic E-state index is 13.0. The molecule has 0 unspecified atom stereocenters. The van der Waals surface area contributed by atoms with E-state index in [1.54, 1.807) is 6.92 Å². The number of hydrogen-bond donors (Lipinski definition) is 2. The van der Waals surface area contributed by atoms with Crippen molar-refractivity contribution in [1.82, 2.24) is 4.72 Å². The standard InChI is InChI=1S/C31H45ClN2O6S/c1-9-30(4,5)22-13-16-27(24(19-22)31(6,7)10-2)40-18-12-17-33-41(36,37)23-14-15-25(32)26(20-23)34-28(38-8)21-29(35)39-11-3/h13-16,19-21,33-34H,9-12,17-18H2,1-8H3/b28-21-. The Bertz CT molecular complexity index is 1320. The van der Waals surface area contributed by atoms with Crippen LogP contribution in [0.25, 0.3) is 0 Å². The van der Waals surface area contributed by atoms with Gasteiger partial charge in [0, 0.05) is 12.1 Å². The number of halogens is 1. The number of benzene rings is 2. The third-order valence-electron chi connectivity index (χ3n) is 7.39. The molecular weight excluding hydrogens is 564 g/mol. The molecule has 0 aromatic heterocycles. The van der Waals surface area contributed by atoms with Gasteiger partial charge in [0.25, 0.3) is 0 Å². The van der Waals surface area contributed by atoms with Crippen LogP contribution in [0.1, 0.15) is 78.9 Å². The number of rotatable bonds is 16. The summed E-state index contributed by atoms with van der Waals surface area (Å²) < 4.78 is 44.8. The predicted octanol–water partition coefficient (Wildman–Crippen LogP) is 6.93. The minimum absolute atomic E-state index is 0.0121. The Morgan fingerprint density at radius 1 is 1.00 bits per heavy atom. The van der Waals surface area contributed by atoms with Crippen LogP contribution in [0.15, 0.2) is 53.3 Å². The monoisotopic (exact) mass is 608 g/mol. The highest BCUT2D eigenvalue weighted by Gasteiger charge is 2.26. The second kappa shape index (κ2) is 14.9. The number of carbonyl (C=O) groups excluding carboxylic acids is 1. The summed E-state index contributed by atoms with van der Waals surface area (Å²) in [6, 6.07) is 10.7. The third kappa shape index (κ3) is 9.65. The van der Waals surface area contributed by atoms with E-state index in [1.807, 2.05) is 6.07 Å². The first-order valence-corrected chi connectivity index (χ1v) is 15.8. The van der Waals surface area contributed by atoms with Crippen LogP contribution in [0.4, 0.5) is 5.69 Å². The number of hydrogen-bond acceptors (Lipinski definition) is 7. The van der Waals surface area contributed by atoms with Crippen LogP contribution in [-0.4, -0.2) is 41.3 Å². The molecule has 41 heavy (non-hydrogen) atoms. The van der Waals surface area contributed by atoms with Crippen molar-refractivity contribution in [2.24, 2.45) is 0 Å². The lowest BCUT2D eigenvalue weighted by atomic mass is 9.76. The fourth-order valence-electron chi connectivity index (χ4n) is 3.88. The van der Waals surface area contributed by atoms with E-state index < -0.39 is 16.0 Å². The van der Waals surface area contributed by atoms with Gasteiger partial charge in [0.05, 0.1) is 42.0 Å². The Morgan fingerprint density at radius 3 is 2.29 bits per heavy atom. The molecule has 0 atom stereocenters. The maximum absolute atomic E-state index is 13.0. The van der Waals surface area contributed by atoms with Crippen molar-refractivity contribution >= 4 is 33.3 Å². The van der Waals surface area contributed by atoms with E-state index in [9.17, 15) is 13.2 Å². The Morgan fingerprint density at radius 2 is 1.68 bits per heavy atom. The number of esters is 1. The van der Waals surface area contributed by atoms with E-state index in [-0.39, 0.29) is 45.5 Å². The van der Waals surface area contributed by atoms with Crippen LogP contribution in [0.5, 0.6) is 5.75 Å². The van der Waals surface area contributed by atoms with Gasteiger partial charge < -0.3 is 19.5 Å². The molecule has 0 radical (unpaired) electrons. The van der Waals surface area contributed by atoms with E-state index in [0.29, 0.717) is 13.0 Å². The molecule has 2 rings (SSSR count). The highest BCUT2D eigenvalue weighted by molar-refractivity contribution is 7.89. The average Bonchev–Trinajstić information content (AvgIpc) is 2.93. The molecule has 0 spiro atoms. The minimum Gasteiger partial charge on any atom is -0.493 e. The van der Waals surface area contributed by atoms with Gasteiger partial charge in [0.1, 0.15) is 5.75 Å². The zero-order valence-corrected chi connectivity index (χ0v) is 27.1. The Balaban J connectivity index is 2.08. The Hall–Kier alpha value is -2.75. The molecular formula is C31H45ClN2O6S. The van der Waals surface area contributed by atoms with Crippen molar-refractivity contribution in [3.8, 4) is 5.75 Å². The summed E-state index contributed by atoms with van der Waals surface area (Å²) in [6.45, 7) is 15.7. The molecule has 2 aromatic rings. The van der Waals surface area contributed by atoms with Gasteiger partial charge >= 0.3 is 5.97 Å². The van der Waals surface area contributed by atoms with Gasteiger partial charge in [0.15, 0.2) is 5.88 Å². The number of sulfonamides is 1. The van der Waals surface area contributed by atoms with Crippen LogP contribution in [0.2, 0.25) is 5.02 Å². The lowest BCUT2D eigenvalue weighted by Crippen LogP contribution is -2.26. The van der Waals surface area contributed by atoms with Gasteiger partial charge in [-0.3, -0.25) is 0 Å². The topological polar surface area (TPSA) is 103 Å². The summed E-state index contributed by atoms with van der Waals surface area (Å²) >= 11 is 6.25. The Kier molecular flexibility index (Phi) is 12.5. The van der Waals surface area contributed by atoms with Gasteiger partial charge in [-0.1, -0.05) is 65.3 Å². The first-order chi connectivity index (χ1) is 19.2. The summed E-state index contributed by atoms with van der Waals surface area (Å²) in [5.74, 6) is 0.280. The third-order valence-corrected chi connectivity index (χ3v) is 9.18. The zero-order chi connectivity index (χ0) is 30.8. The lowest BCUT2D eigenvalue weighted by Gasteiger charge is -2.30. The van der Waals surface area contributed by atoms with Crippen LogP contribution in [-0.2, 0) is 35.1 Å². The van der Waals surface area contributed by atoms with Gasteiger partial charge in [-0.25, -0.2) is 17.9 Å². The molecule has 0 heterocycles. The number of methoxy groups -OCH3 is 1. The highest BCUT2D eigenvalue weighted by Crippen LogP contribution is 2.38. The molecule has 2 aromatic carbocycles. The number of nitrogens with one attached hydrogen (secondary N) is 2. The van der Waals surface area contributed by atoms with Crippen LogP contribution in [0, 0.1) is 0 Å². The molecule has 0 aliphatic rings. The summed E-state index contributed by atoms with van der Waals surface area (Å²) in [6.07, 6.45) is 3.58. The van der Waals surface area contributed by atoms with Crippen molar-refractivity contribution < 1.29 is 27.4 Å². The largest absolute Gasteiger partial charge is 0.493 e. The summed E-state index contributed by atoms with van der Waals surface area (Å²) in [7, 11) is -2.47. The number of ether oxygens (including phenoxy) is 3.